The summed E-state index contributed by atoms with van der Waals surface area (Å²) in [6.45, 7) is -0.373. The number of hydrogen-bond acceptors (Lipinski definition) is 5. The SMILES string of the molecule is O=[N+]([O-])c1cc(S(=O)(=O)N2CCC[C@H]2CO)c(F)cc1F. The molecule has 0 bridgehead atoms. The van der Waals surface area contributed by atoms with Crippen LogP contribution in [-0.4, -0.2) is 41.9 Å². The van der Waals surface area contributed by atoms with Crippen LogP contribution in [0.25, 0.3) is 0 Å². The normalized spacial score (nSPS) is 19.9. The molecule has 1 atom stereocenters. The van der Waals surface area contributed by atoms with Crippen molar-refractivity contribution in [2.24, 2.45) is 0 Å². The number of nitrogens with zero attached hydrogens (tertiary/aromatic N) is 2. The highest BCUT2D eigenvalue weighted by molar-refractivity contribution is 7.89. The van der Waals surface area contributed by atoms with E-state index in [9.17, 15) is 27.3 Å². The van der Waals surface area contributed by atoms with Crippen molar-refractivity contribution in [2.75, 3.05) is 13.2 Å². The lowest BCUT2D eigenvalue weighted by molar-refractivity contribution is -0.387. The zero-order chi connectivity index (χ0) is 15.8. The molecule has 1 aliphatic rings. The van der Waals surface area contributed by atoms with Crippen LogP contribution in [0.1, 0.15) is 12.8 Å². The molecule has 0 amide bonds. The van der Waals surface area contributed by atoms with Gasteiger partial charge in [0.25, 0.3) is 0 Å². The first-order valence-electron chi connectivity index (χ1n) is 6.05. The third-order valence-electron chi connectivity index (χ3n) is 3.32. The molecule has 0 aliphatic carbocycles. The molecule has 1 fully saturated rings. The molecule has 0 unspecified atom stereocenters. The molecule has 1 N–H and O–H groups in total. The Morgan fingerprint density at radius 3 is 2.62 bits per heavy atom. The number of halogens is 2. The molecule has 7 nitrogen and oxygen atoms in total. The van der Waals surface area contributed by atoms with Crippen molar-refractivity contribution in [1.82, 2.24) is 4.31 Å². The summed E-state index contributed by atoms with van der Waals surface area (Å²) in [5.41, 5.74) is -1.12. The fraction of sp³-hybridized carbons (Fsp3) is 0.455. The van der Waals surface area contributed by atoms with Gasteiger partial charge in [0.1, 0.15) is 10.7 Å². The zero-order valence-corrected chi connectivity index (χ0v) is 11.5. The van der Waals surface area contributed by atoms with Crippen molar-refractivity contribution in [3.8, 4) is 0 Å². The molecule has 0 radical (unpaired) electrons. The quantitative estimate of drug-likeness (QED) is 0.659. The van der Waals surface area contributed by atoms with E-state index in [4.69, 9.17) is 5.11 Å². The summed E-state index contributed by atoms with van der Waals surface area (Å²) in [6, 6.07) is -0.166. The van der Waals surface area contributed by atoms with E-state index in [1.54, 1.807) is 0 Å². The molecule has 0 spiro atoms. The highest BCUT2D eigenvalue weighted by atomic mass is 32.2. The second-order valence-electron chi connectivity index (χ2n) is 4.59. The van der Waals surface area contributed by atoms with Gasteiger partial charge in [-0.05, 0) is 12.8 Å². The summed E-state index contributed by atoms with van der Waals surface area (Å²) < 4.78 is 52.6. The van der Waals surface area contributed by atoms with Gasteiger partial charge in [-0.25, -0.2) is 12.8 Å². The Labute approximate surface area is 119 Å². The van der Waals surface area contributed by atoms with Gasteiger partial charge in [-0.2, -0.15) is 8.70 Å². The number of aliphatic hydroxyl groups excluding tert-OH is 1. The maximum absolute atomic E-state index is 13.7. The van der Waals surface area contributed by atoms with E-state index in [1.165, 1.54) is 0 Å². The summed E-state index contributed by atoms with van der Waals surface area (Å²) in [7, 11) is -4.38. The maximum atomic E-state index is 13.7. The van der Waals surface area contributed by atoms with Gasteiger partial charge in [0.15, 0.2) is 0 Å². The Morgan fingerprint density at radius 1 is 1.38 bits per heavy atom. The van der Waals surface area contributed by atoms with Gasteiger partial charge in [-0.15, -0.1) is 0 Å². The first kappa shape index (κ1) is 15.7. The maximum Gasteiger partial charge on any atom is 0.306 e. The molecule has 1 aromatic carbocycles. The molecule has 0 aromatic heterocycles. The van der Waals surface area contributed by atoms with E-state index in [1.807, 2.05) is 0 Å². The van der Waals surface area contributed by atoms with Crippen LogP contribution in [0.3, 0.4) is 0 Å². The third-order valence-corrected chi connectivity index (χ3v) is 5.29. The molecular weight excluding hydrogens is 310 g/mol. The number of benzene rings is 1. The van der Waals surface area contributed by atoms with Crippen LogP contribution < -0.4 is 0 Å². The molecule has 10 heteroatoms. The van der Waals surface area contributed by atoms with E-state index in [0.29, 0.717) is 18.9 Å². The van der Waals surface area contributed by atoms with Crippen LogP contribution in [0, 0.1) is 21.7 Å². The van der Waals surface area contributed by atoms with Crippen LogP contribution in [0.15, 0.2) is 17.0 Å². The van der Waals surface area contributed by atoms with Crippen molar-refractivity contribution in [3.05, 3.63) is 33.9 Å². The topological polar surface area (TPSA) is 101 Å². The third kappa shape index (κ3) is 2.74. The van der Waals surface area contributed by atoms with Gasteiger partial charge in [-0.3, -0.25) is 10.1 Å². The van der Waals surface area contributed by atoms with Crippen LogP contribution in [-0.2, 0) is 10.0 Å². The minimum Gasteiger partial charge on any atom is -0.395 e. The lowest BCUT2D eigenvalue weighted by atomic mass is 10.2. The fourth-order valence-corrected chi connectivity index (χ4v) is 4.04. The molecule has 116 valence electrons. The Balaban J connectivity index is 2.54. The summed E-state index contributed by atoms with van der Waals surface area (Å²) in [6.07, 6.45) is 0.885. The van der Waals surface area contributed by atoms with Crippen molar-refractivity contribution < 1.29 is 27.2 Å². The number of aliphatic hydroxyl groups is 1. The van der Waals surface area contributed by atoms with Gasteiger partial charge in [0, 0.05) is 24.7 Å². The fourth-order valence-electron chi connectivity index (χ4n) is 2.29. The smallest absolute Gasteiger partial charge is 0.306 e. The molecule has 21 heavy (non-hydrogen) atoms. The molecule has 2 rings (SSSR count). The summed E-state index contributed by atoms with van der Waals surface area (Å²) >= 11 is 0. The molecular formula is C11H12F2N2O5S. The highest BCUT2D eigenvalue weighted by Crippen LogP contribution is 2.30. The van der Waals surface area contributed by atoms with Crippen LogP contribution >= 0.6 is 0 Å². The summed E-state index contributed by atoms with van der Waals surface area (Å²) in [5, 5.41) is 19.8. The highest BCUT2D eigenvalue weighted by Gasteiger charge is 2.37. The van der Waals surface area contributed by atoms with Crippen molar-refractivity contribution in [2.45, 2.75) is 23.8 Å². The number of sulfonamides is 1. The van der Waals surface area contributed by atoms with Crippen molar-refractivity contribution in [1.29, 1.82) is 0 Å². The molecule has 1 saturated heterocycles. The lowest BCUT2D eigenvalue weighted by Crippen LogP contribution is -2.38. The van der Waals surface area contributed by atoms with Crippen molar-refractivity contribution in [3.63, 3.8) is 0 Å². The minimum absolute atomic E-state index is 0.0676. The molecule has 1 aromatic rings. The monoisotopic (exact) mass is 322 g/mol. The van der Waals surface area contributed by atoms with E-state index in [-0.39, 0.29) is 12.6 Å². The largest absolute Gasteiger partial charge is 0.395 e. The standard InChI is InChI=1S/C11H12F2N2O5S/c12-8-4-9(13)11(5-10(8)15(17)18)21(19,20)14-3-1-2-7(14)6-16/h4-5,7,16H,1-3,6H2/t7-/m0/s1. The van der Waals surface area contributed by atoms with Gasteiger partial charge in [0.2, 0.25) is 15.8 Å². The molecule has 1 heterocycles. The Morgan fingerprint density at radius 2 is 2.05 bits per heavy atom. The average molecular weight is 322 g/mol. The van der Waals surface area contributed by atoms with E-state index in [2.05, 4.69) is 0 Å². The number of hydrogen-bond donors (Lipinski definition) is 1. The van der Waals surface area contributed by atoms with Crippen LogP contribution in [0.4, 0.5) is 14.5 Å². The van der Waals surface area contributed by atoms with Gasteiger partial charge in [-0.1, -0.05) is 0 Å². The van der Waals surface area contributed by atoms with Gasteiger partial charge >= 0.3 is 5.69 Å². The predicted octanol–water partition coefficient (Wildman–Crippen LogP) is 1.02. The van der Waals surface area contributed by atoms with E-state index in [0.717, 1.165) is 4.31 Å². The van der Waals surface area contributed by atoms with Gasteiger partial charge < -0.3 is 5.11 Å². The number of nitro benzene ring substituents is 1. The molecule has 1 aliphatic heterocycles. The lowest BCUT2D eigenvalue weighted by Gasteiger charge is -2.22. The first-order chi connectivity index (χ1) is 9.78. The zero-order valence-electron chi connectivity index (χ0n) is 10.7. The van der Waals surface area contributed by atoms with Crippen LogP contribution in [0.2, 0.25) is 0 Å². The first-order valence-corrected chi connectivity index (χ1v) is 7.49. The summed E-state index contributed by atoms with van der Waals surface area (Å²) in [4.78, 5) is 8.56. The Kier molecular flexibility index (Phi) is 4.21. The Hall–Kier alpha value is -1.65. The van der Waals surface area contributed by atoms with E-state index < -0.39 is 49.8 Å². The Bertz CT molecular complexity index is 679. The number of nitro groups is 1. The van der Waals surface area contributed by atoms with Crippen LogP contribution in [0.5, 0.6) is 0 Å². The predicted molar refractivity (Wildman–Crippen MR) is 67.0 cm³/mol. The second-order valence-corrected chi connectivity index (χ2v) is 6.44. The second kappa shape index (κ2) is 5.62. The van der Waals surface area contributed by atoms with E-state index >= 15 is 0 Å². The minimum atomic E-state index is -4.38. The number of rotatable bonds is 4. The molecule has 0 saturated carbocycles. The average Bonchev–Trinajstić information content (AvgIpc) is 2.86. The summed E-state index contributed by atoms with van der Waals surface area (Å²) in [5.74, 6) is -2.85. The van der Waals surface area contributed by atoms with Gasteiger partial charge in [0.05, 0.1) is 11.5 Å². The van der Waals surface area contributed by atoms with Crippen molar-refractivity contribution >= 4 is 15.7 Å².